The van der Waals surface area contributed by atoms with Crippen molar-refractivity contribution in [3.63, 3.8) is 0 Å². The Bertz CT molecular complexity index is 965. The Balaban J connectivity index is 1.43. The molecule has 0 amide bonds. The summed E-state index contributed by atoms with van der Waals surface area (Å²) in [7, 11) is 0. The first-order chi connectivity index (χ1) is 18.7. The summed E-state index contributed by atoms with van der Waals surface area (Å²) in [6, 6.07) is 29.7. The standard InChI is InChI=1S/C32H42N2O4/c1-27(29-11-5-3-6-12-29)33-17-21-35-25-26-36-22-18-34(28(2)30-13-7-4-8-14-30)20-24-38-32-16-10-9-15-31(32)37-23-19-33/h3-16,27-28H,17-26H2,1-2H3/t27-,28-/m1/s1. The second-order valence-corrected chi connectivity index (χ2v) is 9.61. The average Bonchev–Trinajstić information content (AvgIpc) is 2.97. The molecule has 0 fully saturated rings. The van der Waals surface area contributed by atoms with Crippen LogP contribution >= 0.6 is 0 Å². The molecule has 3 aromatic rings. The van der Waals surface area contributed by atoms with Crippen LogP contribution in [0, 0.1) is 0 Å². The molecule has 2 atom stereocenters. The van der Waals surface area contributed by atoms with Crippen molar-refractivity contribution in [1.29, 1.82) is 0 Å². The molecule has 1 heterocycles. The van der Waals surface area contributed by atoms with Gasteiger partial charge in [-0.3, -0.25) is 9.80 Å². The number of para-hydroxylation sites is 2. The number of nitrogens with zero attached hydrogens (tertiary/aromatic N) is 2. The van der Waals surface area contributed by atoms with Gasteiger partial charge in [-0.15, -0.1) is 0 Å². The molecule has 0 aliphatic carbocycles. The molecule has 0 bridgehead atoms. The van der Waals surface area contributed by atoms with Crippen molar-refractivity contribution in [1.82, 2.24) is 9.80 Å². The Labute approximate surface area is 228 Å². The van der Waals surface area contributed by atoms with Crippen molar-refractivity contribution in [3.05, 3.63) is 96.1 Å². The van der Waals surface area contributed by atoms with Crippen molar-refractivity contribution in [3.8, 4) is 11.5 Å². The van der Waals surface area contributed by atoms with Gasteiger partial charge in [0.15, 0.2) is 11.5 Å². The lowest BCUT2D eigenvalue weighted by Crippen LogP contribution is -2.35. The van der Waals surface area contributed by atoms with E-state index in [9.17, 15) is 0 Å². The molecule has 204 valence electrons. The van der Waals surface area contributed by atoms with E-state index in [0.717, 1.165) is 37.7 Å². The van der Waals surface area contributed by atoms with Gasteiger partial charge in [-0.1, -0.05) is 72.8 Å². The van der Waals surface area contributed by atoms with E-state index in [0.29, 0.717) is 39.6 Å². The number of hydrogen-bond acceptors (Lipinski definition) is 6. The van der Waals surface area contributed by atoms with Crippen LogP contribution < -0.4 is 9.47 Å². The molecule has 1 aliphatic heterocycles. The predicted molar refractivity (Wildman–Crippen MR) is 152 cm³/mol. The Morgan fingerprint density at radius 1 is 0.474 bits per heavy atom. The van der Waals surface area contributed by atoms with E-state index in [1.165, 1.54) is 11.1 Å². The van der Waals surface area contributed by atoms with Crippen LogP contribution in [0.3, 0.4) is 0 Å². The number of benzene rings is 3. The maximum absolute atomic E-state index is 6.25. The Morgan fingerprint density at radius 3 is 1.26 bits per heavy atom. The monoisotopic (exact) mass is 518 g/mol. The molecule has 4 rings (SSSR count). The molecule has 0 spiro atoms. The lowest BCUT2D eigenvalue weighted by molar-refractivity contribution is 0.0209. The van der Waals surface area contributed by atoms with Crippen molar-refractivity contribution in [2.75, 3.05) is 65.8 Å². The fourth-order valence-electron chi connectivity index (χ4n) is 4.80. The number of hydrogen-bond donors (Lipinski definition) is 0. The fourth-order valence-corrected chi connectivity index (χ4v) is 4.80. The topological polar surface area (TPSA) is 43.4 Å². The Kier molecular flexibility index (Phi) is 11.5. The van der Waals surface area contributed by atoms with Crippen LogP contribution in [0.1, 0.15) is 37.1 Å². The minimum atomic E-state index is 0.259. The number of ether oxygens (including phenoxy) is 4. The van der Waals surface area contributed by atoms with Gasteiger partial charge in [-0.05, 0) is 37.1 Å². The zero-order valence-electron chi connectivity index (χ0n) is 22.8. The van der Waals surface area contributed by atoms with Gasteiger partial charge in [-0.2, -0.15) is 0 Å². The SMILES string of the molecule is C[C@H](c1ccccc1)N1CCOCCOCCN([C@H](C)c2ccccc2)CCOc2ccccc2OCC1. The van der Waals surface area contributed by atoms with Crippen LogP contribution in [-0.4, -0.2) is 75.6 Å². The number of fused-ring (bicyclic) bond motifs is 1. The normalized spacial score (nSPS) is 19.1. The molecular formula is C32H42N2O4. The van der Waals surface area contributed by atoms with Gasteiger partial charge in [0, 0.05) is 38.3 Å². The second-order valence-electron chi connectivity index (χ2n) is 9.61. The minimum Gasteiger partial charge on any atom is -0.488 e. The highest BCUT2D eigenvalue weighted by Gasteiger charge is 2.18. The molecule has 0 aromatic heterocycles. The molecule has 6 nitrogen and oxygen atoms in total. The van der Waals surface area contributed by atoms with Gasteiger partial charge in [0.25, 0.3) is 0 Å². The van der Waals surface area contributed by atoms with E-state index < -0.39 is 0 Å². The highest BCUT2D eigenvalue weighted by molar-refractivity contribution is 5.39. The van der Waals surface area contributed by atoms with E-state index in [1.807, 2.05) is 24.3 Å². The van der Waals surface area contributed by atoms with Gasteiger partial charge in [-0.25, -0.2) is 0 Å². The molecular weight excluding hydrogens is 476 g/mol. The van der Waals surface area contributed by atoms with E-state index in [2.05, 4.69) is 84.3 Å². The fraction of sp³-hybridized carbons (Fsp3) is 0.438. The lowest BCUT2D eigenvalue weighted by Gasteiger charge is -2.30. The molecule has 3 aromatic carbocycles. The summed E-state index contributed by atoms with van der Waals surface area (Å²) in [5.74, 6) is 1.56. The van der Waals surface area contributed by atoms with Crippen LogP contribution in [0.25, 0.3) is 0 Å². The molecule has 0 saturated carbocycles. The summed E-state index contributed by atoms with van der Waals surface area (Å²) >= 11 is 0. The summed E-state index contributed by atoms with van der Waals surface area (Å²) < 4.78 is 24.4. The van der Waals surface area contributed by atoms with Gasteiger partial charge >= 0.3 is 0 Å². The summed E-state index contributed by atoms with van der Waals surface area (Å²) in [6.07, 6.45) is 0. The smallest absolute Gasteiger partial charge is 0.161 e. The quantitative estimate of drug-likeness (QED) is 0.447. The highest BCUT2D eigenvalue weighted by Crippen LogP contribution is 2.27. The molecule has 0 N–H and O–H groups in total. The molecule has 38 heavy (non-hydrogen) atoms. The zero-order chi connectivity index (χ0) is 26.4. The summed E-state index contributed by atoms with van der Waals surface area (Å²) in [4.78, 5) is 4.82. The van der Waals surface area contributed by atoms with Gasteiger partial charge in [0.2, 0.25) is 0 Å². The predicted octanol–water partition coefficient (Wildman–Crippen LogP) is 5.62. The van der Waals surface area contributed by atoms with Crippen LogP contribution in [0.4, 0.5) is 0 Å². The van der Waals surface area contributed by atoms with Crippen molar-refractivity contribution < 1.29 is 18.9 Å². The van der Waals surface area contributed by atoms with E-state index >= 15 is 0 Å². The third-order valence-electron chi connectivity index (χ3n) is 7.20. The highest BCUT2D eigenvalue weighted by atomic mass is 16.5. The van der Waals surface area contributed by atoms with Crippen molar-refractivity contribution in [2.24, 2.45) is 0 Å². The van der Waals surface area contributed by atoms with Crippen LogP contribution in [0.2, 0.25) is 0 Å². The molecule has 6 heteroatoms. The van der Waals surface area contributed by atoms with Crippen LogP contribution in [-0.2, 0) is 9.47 Å². The largest absolute Gasteiger partial charge is 0.488 e. The van der Waals surface area contributed by atoms with Crippen LogP contribution in [0.5, 0.6) is 11.5 Å². The average molecular weight is 519 g/mol. The third-order valence-corrected chi connectivity index (χ3v) is 7.20. The van der Waals surface area contributed by atoms with Crippen molar-refractivity contribution in [2.45, 2.75) is 25.9 Å². The maximum atomic E-state index is 6.25. The first kappa shape index (κ1) is 28.1. The van der Waals surface area contributed by atoms with E-state index in [-0.39, 0.29) is 12.1 Å². The van der Waals surface area contributed by atoms with Gasteiger partial charge in [0.05, 0.1) is 26.4 Å². The summed E-state index contributed by atoms with van der Waals surface area (Å²) in [5, 5.41) is 0. The maximum Gasteiger partial charge on any atom is 0.161 e. The van der Waals surface area contributed by atoms with Gasteiger partial charge < -0.3 is 18.9 Å². The Hall–Kier alpha value is -2.90. The molecule has 0 unspecified atom stereocenters. The first-order valence-corrected chi connectivity index (χ1v) is 13.8. The minimum absolute atomic E-state index is 0.259. The van der Waals surface area contributed by atoms with Gasteiger partial charge in [0.1, 0.15) is 13.2 Å². The number of rotatable bonds is 4. The summed E-state index contributed by atoms with van der Waals surface area (Å²) in [5.41, 5.74) is 2.58. The molecule has 1 aliphatic rings. The van der Waals surface area contributed by atoms with E-state index in [1.54, 1.807) is 0 Å². The third kappa shape index (κ3) is 8.57. The first-order valence-electron chi connectivity index (χ1n) is 13.8. The van der Waals surface area contributed by atoms with Crippen LogP contribution in [0.15, 0.2) is 84.9 Å². The zero-order valence-corrected chi connectivity index (χ0v) is 22.8. The lowest BCUT2D eigenvalue weighted by atomic mass is 10.1. The molecule has 0 radical (unpaired) electrons. The van der Waals surface area contributed by atoms with E-state index in [4.69, 9.17) is 18.9 Å². The van der Waals surface area contributed by atoms with Crippen molar-refractivity contribution >= 4 is 0 Å². The molecule has 0 saturated heterocycles. The summed E-state index contributed by atoms with van der Waals surface area (Å²) in [6.45, 7) is 11.3. The Morgan fingerprint density at radius 2 is 0.842 bits per heavy atom. The second kappa shape index (κ2) is 15.5.